The monoisotopic (exact) mass is 389 g/mol. The molecule has 0 radical (unpaired) electrons. The number of aromatic nitrogens is 1. The lowest BCUT2D eigenvalue weighted by molar-refractivity contribution is -0.644. The van der Waals surface area contributed by atoms with E-state index >= 15 is 0 Å². The molecule has 0 aliphatic carbocycles. The van der Waals surface area contributed by atoms with E-state index in [0.717, 1.165) is 5.56 Å². The highest BCUT2D eigenvalue weighted by Crippen LogP contribution is 2.18. The number of aryl methyl sites for hydroxylation is 1. The molecule has 21 heavy (non-hydrogen) atoms. The van der Waals surface area contributed by atoms with Gasteiger partial charge in [0, 0.05) is 12.1 Å². The molecule has 1 aromatic heterocycles. The Morgan fingerprint density at radius 2 is 1.62 bits per heavy atom. The van der Waals surface area contributed by atoms with Gasteiger partial charge in [0.1, 0.15) is 12.8 Å². The molecule has 0 fully saturated rings. The van der Waals surface area contributed by atoms with Gasteiger partial charge in [-0.3, -0.25) is 0 Å². The summed E-state index contributed by atoms with van der Waals surface area (Å²) < 4.78 is 2.12. The van der Waals surface area contributed by atoms with Crippen molar-refractivity contribution in [1.82, 2.24) is 0 Å². The summed E-state index contributed by atoms with van der Waals surface area (Å²) >= 11 is 0. The fraction of sp³-hybridized carbons (Fsp3) is 0.0556. The van der Waals surface area contributed by atoms with Gasteiger partial charge in [-0.05, 0) is 29.3 Å². The molecule has 1 N–H and O–H groups in total. The average Bonchev–Trinajstić information content (AvgIpc) is 2.49. The second kappa shape index (κ2) is 6.72. The first kappa shape index (κ1) is 15.5. The van der Waals surface area contributed by atoms with Crippen LogP contribution in [-0.4, -0.2) is 5.11 Å². The number of fused-ring (bicyclic) bond motifs is 1. The Morgan fingerprint density at radius 3 is 2.38 bits per heavy atom. The van der Waals surface area contributed by atoms with Gasteiger partial charge < -0.3 is 29.1 Å². The van der Waals surface area contributed by atoms with E-state index in [0.29, 0.717) is 5.75 Å². The summed E-state index contributed by atoms with van der Waals surface area (Å²) in [6.07, 6.45) is 6.23. The minimum Gasteiger partial charge on any atom is -1.00 e. The molecule has 0 aliphatic heterocycles. The number of benzene rings is 2. The zero-order chi connectivity index (χ0) is 13.9. The van der Waals surface area contributed by atoms with Crippen LogP contribution >= 0.6 is 0 Å². The fourth-order valence-electron chi connectivity index (χ4n) is 2.30. The number of halogens is 1. The molecule has 0 amide bonds. The van der Waals surface area contributed by atoms with E-state index in [-0.39, 0.29) is 24.0 Å². The molecule has 0 saturated heterocycles. The maximum atomic E-state index is 9.29. The third kappa shape index (κ3) is 3.42. The molecule has 0 spiro atoms. The van der Waals surface area contributed by atoms with Gasteiger partial charge in [-0.2, -0.15) is 0 Å². The normalized spacial score (nSPS) is 10.7. The second-order valence-electron chi connectivity index (χ2n) is 4.82. The number of phenolic OH excluding ortho intramolecular Hbond substituents is 1. The lowest BCUT2D eigenvalue weighted by atomic mass is 10.1. The van der Waals surface area contributed by atoms with Gasteiger partial charge in [0.25, 0.3) is 0 Å². The summed E-state index contributed by atoms with van der Waals surface area (Å²) in [4.78, 5) is 0. The van der Waals surface area contributed by atoms with Crippen molar-refractivity contribution in [1.29, 1.82) is 0 Å². The van der Waals surface area contributed by atoms with Gasteiger partial charge in [-0.25, -0.2) is 4.57 Å². The summed E-state index contributed by atoms with van der Waals surface area (Å²) in [5.74, 6) is 0.291. The van der Waals surface area contributed by atoms with Crippen LogP contribution in [0.1, 0.15) is 11.1 Å². The van der Waals surface area contributed by atoms with Crippen LogP contribution in [0.25, 0.3) is 23.1 Å². The molecule has 3 heteroatoms. The van der Waals surface area contributed by atoms with Crippen LogP contribution in [0.4, 0.5) is 0 Å². The van der Waals surface area contributed by atoms with Crippen LogP contribution in [0.2, 0.25) is 0 Å². The topological polar surface area (TPSA) is 24.1 Å². The smallest absolute Gasteiger partial charge is 0.212 e. The molecule has 0 unspecified atom stereocenters. The van der Waals surface area contributed by atoms with E-state index in [4.69, 9.17) is 0 Å². The van der Waals surface area contributed by atoms with Gasteiger partial charge in [-0.15, -0.1) is 0 Å². The van der Waals surface area contributed by atoms with Crippen molar-refractivity contribution in [2.45, 2.75) is 0 Å². The standard InChI is InChI=1S/C18H15NO.HI/c1-19-13-12-15(17-4-2-3-5-18(17)19)9-6-14-7-10-16(20)11-8-14;/h2-13H,1H3;1H. The van der Waals surface area contributed by atoms with Crippen LogP contribution in [0.3, 0.4) is 0 Å². The van der Waals surface area contributed by atoms with Crippen molar-refractivity contribution in [3.05, 3.63) is 71.9 Å². The number of rotatable bonds is 2. The molecule has 2 nitrogen and oxygen atoms in total. The number of aromatic hydroxyl groups is 1. The summed E-state index contributed by atoms with van der Waals surface area (Å²) in [7, 11) is 2.05. The minimum absolute atomic E-state index is 0. The maximum Gasteiger partial charge on any atom is 0.212 e. The summed E-state index contributed by atoms with van der Waals surface area (Å²) in [5, 5.41) is 10.5. The van der Waals surface area contributed by atoms with E-state index in [1.807, 2.05) is 12.1 Å². The van der Waals surface area contributed by atoms with Crippen LogP contribution < -0.4 is 28.5 Å². The molecular weight excluding hydrogens is 373 g/mol. The predicted octanol–water partition coefficient (Wildman–Crippen LogP) is 0.544. The lowest BCUT2D eigenvalue weighted by Crippen LogP contribution is -3.00. The van der Waals surface area contributed by atoms with Crippen molar-refractivity contribution >= 4 is 23.1 Å². The fourth-order valence-corrected chi connectivity index (χ4v) is 2.30. The first-order valence-electron chi connectivity index (χ1n) is 6.58. The highest BCUT2D eigenvalue weighted by Gasteiger charge is 2.06. The number of pyridine rings is 1. The summed E-state index contributed by atoms with van der Waals surface area (Å²) in [5.41, 5.74) is 3.47. The van der Waals surface area contributed by atoms with Crippen molar-refractivity contribution in [2.75, 3.05) is 0 Å². The van der Waals surface area contributed by atoms with Crippen molar-refractivity contribution in [3.63, 3.8) is 0 Å². The average molecular weight is 389 g/mol. The molecule has 0 atom stereocenters. The largest absolute Gasteiger partial charge is 1.00 e. The zero-order valence-corrected chi connectivity index (χ0v) is 13.9. The molecule has 3 aromatic rings. The third-order valence-electron chi connectivity index (χ3n) is 3.42. The molecule has 2 aromatic carbocycles. The van der Waals surface area contributed by atoms with E-state index in [2.05, 4.69) is 60.3 Å². The second-order valence-corrected chi connectivity index (χ2v) is 4.82. The van der Waals surface area contributed by atoms with Crippen LogP contribution in [0.5, 0.6) is 5.75 Å². The highest BCUT2D eigenvalue weighted by molar-refractivity contribution is 5.88. The SMILES string of the molecule is C[n+]1ccc(C=Cc2ccc(O)cc2)c2ccccc21.[I-]. The highest BCUT2D eigenvalue weighted by atomic mass is 127. The van der Waals surface area contributed by atoms with Crippen molar-refractivity contribution < 1.29 is 33.7 Å². The Hall–Kier alpha value is -1.88. The van der Waals surface area contributed by atoms with Gasteiger partial charge in [0.05, 0.1) is 5.39 Å². The number of phenols is 1. The molecule has 1 heterocycles. The molecule has 0 aliphatic rings. The number of nitrogens with zero attached hydrogens (tertiary/aromatic N) is 1. The van der Waals surface area contributed by atoms with Crippen LogP contribution in [0.15, 0.2) is 60.8 Å². The van der Waals surface area contributed by atoms with E-state index in [1.165, 1.54) is 16.5 Å². The number of hydrogen-bond donors (Lipinski definition) is 1. The van der Waals surface area contributed by atoms with Gasteiger partial charge >= 0.3 is 0 Å². The molecule has 0 bridgehead atoms. The van der Waals surface area contributed by atoms with E-state index in [9.17, 15) is 5.11 Å². The summed E-state index contributed by atoms with van der Waals surface area (Å²) in [6, 6.07) is 17.7. The van der Waals surface area contributed by atoms with Gasteiger partial charge in [0.15, 0.2) is 6.20 Å². The van der Waals surface area contributed by atoms with Gasteiger partial charge in [0.2, 0.25) is 5.52 Å². The lowest BCUT2D eigenvalue weighted by Gasteiger charge is -2.01. The Kier molecular flexibility index (Phi) is 4.96. The van der Waals surface area contributed by atoms with Crippen molar-refractivity contribution in [2.24, 2.45) is 7.05 Å². The Bertz CT molecular complexity index is 779. The number of para-hydroxylation sites is 1. The quantitative estimate of drug-likeness (QED) is 0.503. The van der Waals surface area contributed by atoms with E-state index in [1.54, 1.807) is 12.1 Å². The van der Waals surface area contributed by atoms with Crippen LogP contribution in [0, 0.1) is 0 Å². The molecule has 106 valence electrons. The first-order valence-corrected chi connectivity index (χ1v) is 6.58. The maximum absolute atomic E-state index is 9.29. The first-order chi connectivity index (χ1) is 9.74. The van der Waals surface area contributed by atoms with E-state index < -0.39 is 0 Å². The Balaban J connectivity index is 0.00000161. The number of hydrogen-bond acceptors (Lipinski definition) is 1. The predicted molar refractivity (Wildman–Crippen MR) is 82.2 cm³/mol. The molecule has 3 rings (SSSR count). The minimum atomic E-state index is 0. The Morgan fingerprint density at radius 1 is 0.905 bits per heavy atom. The van der Waals surface area contributed by atoms with Gasteiger partial charge in [-0.1, -0.05) is 36.4 Å². The van der Waals surface area contributed by atoms with Crippen LogP contribution in [-0.2, 0) is 7.05 Å². The zero-order valence-electron chi connectivity index (χ0n) is 11.7. The Labute approximate surface area is 141 Å². The molecule has 0 saturated carbocycles. The third-order valence-corrected chi connectivity index (χ3v) is 3.42. The summed E-state index contributed by atoms with van der Waals surface area (Å²) in [6.45, 7) is 0. The van der Waals surface area contributed by atoms with Crippen molar-refractivity contribution in [3.8, 4) is 5.75 Å². The molecular formula is C18H16INO.